The number of unbranched alkanes of at least 4 members (excludes halogenated alkanes) is 19. The van der Waals surface area contributed by atoms with Crippen LogP contribution in [-0.2, 0) is 32.7 Å². The van der Waals surface area contributed by atoms with Crippen LogP contribution in [0, 0.1) is 0 Å². The van der Waals surface area contributed by atoms with E-state index in [0.29, 0.717) is 19.3 Å². The Kier molecular flexibility index (Phi) is 42.0. The van der Waals surface area contributed by atoms with Crippen LogP contribution in [-0.4, -0.2) is 65.7 Å². The molecule has 0 radical (unpaired) electrons. The van der Waals surface area contributed by atoms with Crippen molar-refractivity contribution >= 4 is 19.8 Å². The summed E-state index contributed by atoms with van der Waals surface area (Å²) in [6, 6.07) is 0. The summed E-state index contributed by atoms with van der Waals surface area (Å²) >= 11 is 0. The van der Waals surface area contributed by atoms with E-state index in [4.69, 9.17) is 19.1 Å². The van der Waals surface area contributed by atoms with Crippen molar-refractivity contribution in [2.45, 2.75) is 206 Å². The van der Waals surface area contributed by atoms with Crippen molar-refractivity contribution in [3.8, 4) is 0 Å². The van der Waals surface area contributed by atoms with E-state index in [2.05, 4.69) is 67.0 Å². The molecular formula is C48H85O10P. The lowest BCUT2D eigenvalue weighted by atomic mass is 10.0. The number of carbonyl (C=O) groups excluding carboxylic acids is 2. The van der Waals surface area contributed by atoms with Crippen LogP contribution in [0.2, 0.25) is 0 Å². The first-order chi connectivity index (χ1) is 28.7. The lowest BCUT2D eigenvalue weighted by Gasteiger charge is -2.20. The molecule has 3 N–H and O–H groups in total. The topological polar surface area (TPSA) is 149 Å². The average Bonchev–Trinajstić information content (AvgIpc) is 3.22. The van der Waals surface area contributed by atoms with Crippen molar-refractivity contribution in [3.63, 3.8) is 0 Å². The average molecular weight is 853 g/mol. The molecule has 0 saturated heterocycles. The molecule has 0 aliphatic carbocycles. The Hall–Kier alpha value is -2.33. The molecule has 59 heavy (non-hydrogen) atoms. The van der Waals surface area contributed by atoms with Crippen molar-refractivity contribution in [1.82, 2.24) is 0 Å². The van der Waals surface area contributed by atoms with Gasteiger partial charge in [0.2, 0.25) is 0 Å². The largest absolute Gasteiger partial charge is 0.472 e. The number of phosphoric ester groups is 1. The number of aliphatic hydroxyl groups excluding tert-OH is 2. The highest BCUT2D eigenvalue weighted by Gasteiger charge is 2.27. The van der Waals surface area contributed by atoms with Crippen molar-refractivity contribution in [2.24, 2.45) is 0 Å². The third-order valence-corrected chi connectivity index (χ3v) is 10.6. The molecular weight excluding hydrogens is 767 g/mol. The molecule has 1 unspecified atom stereocenters. The third kappa shape index (κ3) is 43.6. The van der Waals surface area contributed by atoms with Gasteiger partial charge in [-0.3, -0.25) is 18.6 Å². The van der Waals surface area contributed by atoms with Gasteiger partial charge in [-0.2, -0.15) is 0 Å². The Balaban J connectivity index is 4.31. The van der Waals surface area contributed by atoms with Gasteiger partial charge >= 0.3 is 19.8 Å². The molecule has 0 heterocycles. The quantitative estimate of drug-likeness (QED) is 0.0234. The van der Waals surface area contributed by atoms with Crippen molar-refractivity contribution in [1.29, 1.82) is 0 Å². The number of allylic oxidation sites excluding steroid dienone is 10. The monoisotopic (exact) mass is 853 g/mol. The maximum atomic E-state index is 12.6. The molecule has 0 amide bonds. The fraction of sp³-hybridized carbons (Fsp3) is 0.750. The van der Waals surface area contributed by atoms with Gasteiger partial charge in [0.05, 0.1) is 19.8 Å². The normalized spacial score (nSPS) is 14.3. The second-order valence-corrected chi connectivity index (χ2v) is 16.9. The molecule has 11 heteroatoms. The molecule has 0 spiro atoms. The smallest absolute Gasteiger partial charge is 0.462 e. The Morgan fingerprint density at radius 2 is 0.932 bits per heavy atom. The first-order valence-electron chi connectivity index (χ1n) is 23.2. The van der Waals surface area contributed by atoms with Gasteiger partial charge in [0.1, 0.15) is 12.7 Å². The number of hydrogen-bond acceptors (Lipinski definition) is 9. The van der Waals surface area contributed by atoms with E-state index < -0.39 is 51.8 Å². The summed E-state index contributed by atoms with van der Waals surface area (Å²) in [5, 5.41) is 18.4. The Morgan fingerprint density at radius 1 is 0.525 bits per heavy atom. The van der Waals surface area contributed by atoms with E-state index in [-0.39, 0.29) is 19.4 Å². The van der Waals surface area contributed by atoms with E-state index in [9.17, 15) is 24.2 Å². The standard InChI is InChI=1S/C48H85O10P/c1-3-5-7-9-11-13-15-17-19-21-22-24-25-27-29-31-33-35-37-39-47(51)55-43-46(44-57-59(53,54)56-42-45(50)41-49)58-48(52)40-38-36-34-32-30-28-26-23-20-18-16-14-12-10-8-6-4-2/h6,8,12,14,18,20,26,28,32,34,45-46,49-50H,3-5,7,9-11,13,15-17,19,21-25,27,29-31,33,35-44H2,1-2H3,(H,53,54)/b8-6+,14-12+,20-18+,28-26+,34-32+/t45-,46+/m0/s1. The third-order valence-electron chi connectivity index (χ3n) is 9.69. The maximum absolute atomic E-state index is 12.6. The number of aliphatic hydroxyl groups is 2. The van der Waals surface area contributed by atoms with E-state index in [1.54, 1.807) is 0 Å². The zero-order chi connectivity index (χ0) is 43.3. The van der Waals surface area contributed by atoms with Crippen LogP contribution in [0.3, 0.4) is 0 Å². The summed E-state index contributed by atoms with van der Waals surface area (Å²) in [5.74, 6) is -0.990. The van der Waals surface area contributed by atoms with Gasteiger partial charge in [-0.05, 0) is 51.4 Å². The molecule has 0 aromatic carbocycles. The Morgan fingerprint density at radius 3 is 1.39 bits per heavy atom. The van der Waals surface area contributed by atoms with Crippen LogP contribution in [0.4, 0.5) is 0 Å². The first-order valence-corrected chi connectivity index (χ1v) is 24.7. The Bertz CT molecular complexity index is 1160. The highest BCUT2D eigenvalue weighted by molar-refractivity contribution is 7.47. The SMILES string of the molecule is CC/C=C/C/C=C/C/C=C/C/C=C/C/C=C/CCCC(=O)O[C@H](COC(=O)CCCCCCCCCCCCCCCCCCCCC)COP(=O)(O)OC[C@@H](O)CO. The molecule has 0 rings (SSSR count). The zero-order valence-electron chi connectivity index (χ0n) is 37.2. The molecule has 0 aromatic rings. The van der Waals surface area contributed by atoms with Crippen molar-refractivity contribution in [3.05, 3.63) is 60.8 Å². The number of esters is 2. The van der Waals surface area contributed by atoms with E-state index in [1.165, 1.54) is 96.3 Å². The van der Waals surface area contributed by atoms with Crippen LogP contribution < -0.4 is 0 Å². The highest BCUT2D eigenvalue weighted by Crippen LogP contribution is 2.43. The minimum absolute atomic E-state index is 0.105. The highest BCUT2D eigenvalue weighted by atomic mass is 31.2. The lowest BCUT2D eigenvalue weighted by Crippen LogP contribution is -2.29. The van der Waals surface area contributed by atoms with Gasteiger partial charge in [0.25, 0.3) is 0 Å². The summed E-state index contributed by atoms with van der Waals surface area (Å²) in [6.07, 6.45) is 49.1. The number of phosphoric acid groups is 1. The first kappa shape index (κ1) is 56.7. The van der Waals surface area contributed by atoms with Gasteiger partial charge in [-0.25, -0.2) is 4.57 Å². The summed E-state index contributed by atoms with van der Waals surface area (Å²) in [6.45, 7) is 2.22. The predicted octanol–water partition coefficient (Wildman–Crippen LogP) is 12.7. The molecule has 342 valence electrons. The van der Waals surface area contributed by atoms with Gasteiger partial charge in [-0.1, -0.05) is 190 Å². The molecule has 0 bridgehead atoms. The van der Waals surface area contributed by atoms with Crippen LogP contribution >= 0.6 is 7.82 Å². The predicted molar refractivity (Wildman–Crippen MR) is 242 cm³/mol. The molecule has 3 atom stereocenters. The molecule has 0 aromatic heterocycles. The summed E-state index contributed by atoms with van der Waals surface area (Å²) in [7, 11) is -4.64. The van der Waals surface area contributed by atoms with E-state index in [0.717, 1.165) is 51.4 Å². The van der Waals surface area contributed by atoms with E-state index in [1.807, 2.05) is 12.2 Å². The fourth-order valence-corrected chi connectivity index (χ4v) is 6.94. The van der Waals surface area contributed by atoms with Gasteiger partial charge in [0, 0.05) is 12.8 Å². The van der Waals surface area contributed by atoms with Crippen LogP contribution in [0.15, 0.2) is 60.8 Å². The van der Waals surface area contributed by atoms with Crippen molar-refractivity contribution in [2.75, 3.05) is 26.4 Å². The van der Waals surface area contributed by atoms with Crippen LogP contribution in [0.25, 0.3) is 0 Å². The number of carbonyl (C=O) groups is 2. The summed E-state index contributed by atoms with van der Waals surface area (Å²) < 4.78 is 32.7. The molecule has 0 fully saturated rings. The number of rotatable bonds is 43. The zero-order valence-corrected chi connectivity index (χ0v) is 38.1. The molecule has 0 aliphatic heterocycles. The van der Waals surface area contributed by atoms with Gasteiger partial charge in [0.15, 0.2) is 6.10 Å². The van der Waals surface area contributed by atoms with Gasteiger partial charge < -0.3 is 24.6 Å². The van der Waals surface area contributed by atoms with Crippen LogP contribution in [0.1, 0.15) is 194 Å². The van der Waals surface area contributed by atoms with Crippen LogP contribution in [0.5, 0.6) is 0 Å². The molecule has 0 aliphatic rings. The molecule has 0 saturated carbocycles. The number of hydrogen-bond donors (Lipinski definition) is 3. The number of ether oxygens (including phenoxy) is 2. The second kappa shape index (κ2) is 43.7. The minimum atomic E-state index is -4.64. The van der Waals surface area contributed by atoms with Gasteiger partial charge in [-0.15, -0.1) is 0 Å². The minimum Gasteiger partial charge on any atom is -0.462 e. The molecule has 10 nitrogen and oxygen atoms in total. The Labute approximate surface area is 359 Å². The summed E-state index contributed by atoms with van der Waals surface area (Å²) in [4.78, 5) is 35.0. The fourth-order valence-electron chi connectivity index (χ4n) is 6.15. The second-order valence-electron chi connectivity index (χ2n) is 15.4. The van der Waals surface area contributed by atoms with E-state index >= 15 is 0 Å². The lowest BCUT2D eigenvalue weighted by molar-refractivity contribution is -0.161. The maximum Gasteiger partial charge on any atom is 0.472 e. The van der Waals surface area contributed by atoms with Crippen molar-refractivity contribution < 1.29 is 47.8 Å². The summed E-state index contributed by atoms with van der Waals surface area (Å²) in [5.41, 5.74) is 0.